The lowest BCUT2D eigenvalue weighted by atomic mass is 9.98. The van der Waals surface area contributed by atoms with Crippen LogP contribution in [0.4, 0.5) is 5.69 Å². The van der Waals surface area contributed by atoms with E-state index in [1.807, 2.05) is 0 Å². The number of nitrogens with two attached hydrogens (primary N) is 1. The van der Waals surface area contributed by atoms with E-state index in [4.69, 9.17) is 9.88 Å². The highest BCUT2D eigenvalue weighted by Gasteiger charge is 2.15. The number of methoxy groups -OCH3 is 1. The Hall–Kier alpha value is -1.31. The smallest absolute Gasteiger partial charge is 0.238 e. The fourth-order valence-corrected chi connectivity index (χ4v) is 2.88. The second-order valence-corrected chi connectivity index (χ2v) is 6.54. The lowest BCUT2D eigenvalue weighted by Crippen LogP contribution is -2.31. The van der Waals surface area contributed by atoms with E-state index in [9.17, 15) is 8.42 Å². The van der Waals surface area contributed by atoms with Crippen LogP contribution in [0.3, 0.4) is 0 Å². The zero-order chi connectivity index (χ0) is 14.6. The van der Waals surface area contributed by atoms with Crippen LogP contribution in [0, 0.1) is 5.92 Å². The van der Waals surface area contributed by atoms with Gasteiger partial charge in [-0.2, -0.15) is 0 Å². The van der Waals surface area contributed by atoms with Gasteiger partial charge in [-0.15, -0.1) is 0 Å². The molecule has 112 valence electrons. The van der Waals surface area contributed by atoms with Crippen molar-refractivity contribution in [3.05, 3.63) is 18.2 Å². The van der Waals surface area contributed by atoms with Gasteiger partial charge in [0.25, 0.3) is 0 Å². The lowest BCUT2D eigenvalue weighted by molar-refractivity contribution is 0.387. The van der Waals surface area contributed by atoms with Crippen molar-refractivity contribution in [1.29, 1.82) is 0 Å². The van der Waals surface area contributed by atoms with Gasteiger partial charge in [0.15, 0.2) is 0 Å². The summed E-state index contributed by atoms with van der Waals surface area (Å²) < 4.78 is 28.0. The highest BCUT2D eigenvalue weighted by atomic mass is 32.2. The van der Waals surface area contributed by atoms with Crippen molar-refractivity contribution in [2.75, 3.05) is 32.1 Å². The molecule has 1 aliphatic rings. The van der Waals surface area contributed by atoms with E-state index in [-0.39, 0.29) is 4.90 Å². The predicted octanol–water partition coefficient (Wildman–Crippen LogP) is 0.754. The highest BCUT2D eigenvalue weighted by Crippen LogP contribution is 2.27. The first-order valence-electron chi connectivity index (χ1n) is 6.66. The second kappa shape index (κ2) is 6.43. The van der Waals surface area contributed by atoms with Gasteiger partial charge in [0.05, 0.1) is 17.7 Å². The Morgan fingerprint density at radius 2 is 2.10 bits per heavy atom. The van der Waals surface area contributed by atoms with Crippen LogP contribution in [-0.4, -0.2) is 35.2 Å². The van der Waals surface area contributed by atoms with Crippen LogP contribution in [0.15, 0.2) is 23.1 Å². The van der Waals surface area contributed by atoms with E-state index >= 15 is 0 Å². The van der Waals surface area contributed by atoms with Crippen LogP contribution in [0.1, 0.15) is 12.8 Å². The molecular weight excluding hydrogens is 278 g/mol. The number of rotatable bonds is 5. The molecule has 20 heavy (non-hydrogen) atoms. The summed E-state index contributed by atoms with van der Waals surface area (Å²) in [6, 6.07) is 4.59. The number of anilines is 1. The van der Waals surface area contributed by atoms with Crippen molar-refractivity contribution in [1.82, 2.24) is 5.32 Å². The second-order valence-electron chi connectivity index (χ2n) is 4.98. The van der Waals surface area contributed by atoms with Crippen LogP contribution < -0.4 is 20.5 Å². The van der Waals surface area contributed by atoms with Gasteiger partial charge in [-0.1, -0.05) is 0 Å². The molecule has 1 fully saturated rings. The molecule has 1 aliphatic heterocycles. The van der Waals surface area contributed by atoms with Gasteiger partial charge in [0.1, 0.15) is 5.75 Å². The number of benzene rings is 1. The number of ether oxygens (including phenoxy) is 1. The molecule has 0 radical (unpaired) electrons. The maximum Gasteiger partial charge on any atom is 0.238 e. The molecule has 2 rings (SSSR count). The van der Waals surface area contributed by atoms with Gasteiger partial charge in [0, 0.05) is 6.54 Å². The zero-order valence-electron chi connectivity index (χ0n) is 11.6. The summed E-state index contributed by atoms with van der Waals surface area (Å²) >= 11 is 0. The van der Waals surface area contributed by atoms with E-state index in [0.29, 0.717) is 17.4 Å². The molecule has 1 saturated heterocycles. The number of hydrogen-bond acceptors (Lipinski definition) is 5. The molecule has 1 aromatic carbocycles. The van der Waals surface area contributed by atoms with Crippen molar-refractivity contribution in [3.8, 4) is 5.75 Å². The standard InChI is InChI=1S/C13H21N3O3S/c1-19-13-3-2-11(20(14,17)18)8-12(13)16-9-10-4-6-15-7-5-10/h2-3,8,10,15-16H,4-7,9H2,1H3,(H2,14,17,18). The van der Waals surface area contributed by atoms with E-state index in [1.165, 1.54) is 12.1 Å². The van der Waals surface area contributed by atoms with Gasteiger partial charge in [0.2, 0.25) is 10.0 Å². The molecule has 7 heteroatoms. The summed E-state index contributed by atoms with van der Waals surface area (Å²) in [7, 11) is -2.14. The van der Waals surface area contributed by atoms with E-state index in [2.05, 4.69) is 10.6 Å². The molecule has 0 saturated carbocycles. The summed E-state index contributed by atoms with van der Waals surface area (Å²) in [5.74, 6) is 1.20. The average Bonchev–Trinajstić information content (AvgIpc) is 2.45. The number of nitrogens with one attached hydrogen (secondary N) is 2. The third kappa shape index (κ3) is 3.84. The minimum atomic E-state index is -3.70. The van der Waals surface area contributed by atoms with Gasteiger partial charge >= 0.3 is 0 Å². The Morgan fingerprint density at radius 1 is 1.40 bits per heavy atom. The number of piperidine rings is 1. The number of primary sulfonamides is 1. The minimum Gasteiger partial charge on any atom is -0.495 e. The molecule has 0 unspecified atom stereocenters. The van der Waals surface area contributed by atoms with Gasteiger partial charge in [-0.25, -0.2) is 13.6 Å². The van der Waals surface area contributed by atoms with E-state index in [1.54, 1.807) is 13.2 Å². The molecule has 1 heterocycles. The quantitative estimate of drug-likeness (QED) is 0.746. The molecule has 0 spiro atoms. The Kier molecular flexibility index (Phi) is 4.85. The van der Waals surface area contributed by atoms with Gasteiger partial charge in [-0.05, 0) is 50.0 Å². The fraction of sp³-hybridized carbons (Fsp3) is 0.538. The third-order valence-corrected chi connectivity index (χ3v) is 4.45. The molecule has 0 atom stereocenters. The maximum absolute atomic E-state index is 11.4. The largest absolute Gasteiger partial charge is 0.495 e. The van der Waals surface area contributed by atoms with Gasteiger partial charge < -0.3 is 15.4 Å². The van der Waals surface area contributed by atoms with E-state index in [0.717, 1.165) is 32.5 Å². The van der Waals surface area contributed by atoms with Gasteiger partial charge in [-0.3, -0.25) is 0 Å². The van der Waals surface area contributed by atoms with Crippen molar-refractivity contribution in [2.45, 2.75) is 17.7 Å². The van der Waals surface area contributed by atoms with Crippen molar-refractivity contribution in [2.24, 2.45) is 11.1 Å². The summed E-state index contributed by atoms with van der Waals surface area (Å²) in [4.78, 5) is 0.0890. The van der Waals surface area contributed by atoms with Crippen LogP contribution in [-0.2, 0) is 10.0 Å². The van der Waals surface area contributed by atoms with Crippen molar-refractivity contribution in [3.63, 3.8) is 0 Å². The Balaban J connectivity index is 2.11. The minimum absolute atomic E-state index is 0.0890. The van der Waals surface area contributed by atoms with E-state index < -0.39 is 10.0 Å². The molecule has 0 amide bonds. The Morgan fingerprint density at radius 3 is 2.70 bits per heavy atom. The molecular formula is C13H21N3O3S. The normalized spacial score (nSPS) is 16.9. The topological polar surface area (TPSA) is 93.5 Å². The fourth-order valence-electron chi connectivity index (χ4n) is 2.34. The third-order valence-electron chi connectivity index (χ3n) is 3.54. The van der Waals surface area contributed by atoms with Crippen molar-refractivity contribution < 1.29 is 13.2 Å². The number of hydrogen-bond donors (Lipinski definition) is 3. The van der Waals surface area contributed by atoms with Crippen molar-refractivity contribution >= 4 is 15.7 Å². The van der Waals surface area contributed by atoms with Crippen LogP contribution in [0.25, 0.3) is 0 Å². The Bertz CT molecular complexity index is 554. The molecule has 0 aliphatic carbocycles. The summed E-state index contributed by atoms with van der Waals surface area (Å²) in [5.41, 5.74) is 0.664. The lowest BCUT2D eigenvalue weighted by Gasteiger charge is -2.23. The first-order valence-corrected chi connectivity index (χ1v) is 8.21. The molecule has 0 aromatic heterocycles. The predicted molar refractivity (Wildman–Crippen MR) is 78.5 cm³/mol. The molecule has 1 aromatic rings. The highest BCUT2D eigenvalue weighted by molar-refractivity contribution is 7.89. The average molecular weight is 299 g/mol. The summed E-state index contributed by atoms with van der Waals surface area (Å²) in [6.45, 7) is 2.85. The monoisotopic (exact) mass is 299 g/mol. The molecule has 0 bridgehead atoms. The van der Waals surface area contributed by atoms with Crippen LogP contribution in [0.5, 0.6) is 5.75 Å². The summed E-state index contributed by atoms with van der Waals surface area (Å²) in [6.07, 6.45) is 2.23. The molecule has 6 nitrogen and oxygen atoms in total. The molecule has 4 N–H and O–H groups in total. The first-order chi connectivity index (χ1) is 9.50. The number of sulfonamides is 1. The first kappa shape index (κ1) is 15.1. The Labute approximate surface area is 119 Å². The van der Waals surface area contributed by atoms with Crippen LogP contribution >= 0.6 is 0 Å². The van der Waals surface area contributed by atoms with Crippen LogP contribution in [0.2, 0.25) is 0 Å². The SMILES string of the molecule is COc1ccc(S(N)(=O)=O)cc1NCC1CCNCC1. The maximum atomic E-state index is 11.4. The summed E-state index contributed by atoms with van der Waals surface area (Å²) in [5, 5.41) is 11.7. The zero-order valence-corrected chi connectivity index (χ0v) is 12.4.